The Bertz CT molecular complexity index is 587. The fourth-order valence-corrected chi connectivity index (χ4v) is 1.99. The number of aromatic nitrogens is 1. The number of rotatable bonds is 3. The molecule has 0 fully saturated rings. The van der Waals surface area contributed by atoms with Crippen LogP contribution < -0.4 is 15.2 Å². The number of H-pyrrole nitrogens is 1. The molecular formula is C12H14N2O3. The molecule has 0 unspecified atom stereocenters. The van der Waals surface area contributed by atoms with Gasteiger partial charge in [-0.15, -0.1) is 0 Å². The number of carbonyl (C=O) groups excluding carboxylic acids is 1. The van der Waals surface area contributed by atoms with Crippen LogP contribution in [0.5, 0.6) is 11.5 Å². The summed E-state index contributed by atoms with van der Waals surface area (Å²) in [5.41, 5.74) is 7.17. The first-order chi connectivity index (χ1) is 8.10. The van der Waals surface area contributed by atoms with Gasteiger partial charge in [0.2, 0.25) is 0 Å². The fourth-order valence-electron chi connectivity index (χ4n) is 1.99. The summed E-state index contributed by atoms with van der Waals surface area (Å²) in [6, 6.07) is 3.58. The van der Waals surface area contributed by atoms with E-state index in [1.165, 1.54) is 0 Å². The molecule has 0 bridgehead atoms. The number of benzene rings is 1. The van der Waals surface area contributed by atoms with Crippen molar-refractivity contribution >= 4 is 16.8 Å². The van der Waals surface area contributed by atoms with Crippen molar-refractivity contribution in [3.05, 3.63) is 23.4 Å². The Morgan fingerprint density at radius 2 is 1.82 bits per heavy atom. The molecule has 0 aliphatic heterocycles. The lowest BCUT2D eigenvalue weighted by Crippen LogP contribution is -2.12. The minimum absolute atomic E-state index is 0.378. The minimum atomic E-state index is -0.497. The number of amides is 1. The molecule has 0 radical (unpaired) electrons. The molecular weight excluding hydrogens is 220 g/mol. The van der Waals surface area contributed by atoms with Gasteiger partial charge in [-0.3, -0.25) is 4.79 Å². The number of hydrogen-bond donors (Lipinski definition) is 2. The van der Waals surface area contributed by atoms with Crippen LogP contribution in [0.15, 0.2) is 12.1 Å². The van der Waals surface area contributed by atoms with Crippen LogP contribution in [-0.2, 0) is 0 Å². The average Bonchev–Trinajstić information content (AvgIpc) is 2.67. The zero-order valence-electron chi connectivity index (χ0n) is 9.96. The molecule has 0 atom stereocenters. The van der Waals surface area contributed by atoms with Crippen molar-refractivity contribution < 1.29 is 14.3 Å². The second kappa shape index (κ2) is 4.01. The van der Waals surface area contributed by atoms with Crippen LogP contribution in [0, 0.1) is 6.92 Å². The lowest BCUT2D eigenvalue weighted by molar-refractivity contribution is 0.0996. The number of aromatic amines is 1. The summed E-state index contributed by atoms with van der Waals surface area (Å²) in [7, 11) is 3.15. The highest BCUT2D eigenvalue weighted by molar-refractivity contribution is 6.03. The van der Waals surface area contributed by atoms with Crippen LogP contribution >= 0.6 is 0 Å². The Balaban J connectivity index is 2.87. The third-order valence-electron chi connectivity index (χ3n) is 2.82. The molecule has 1 amide bonds. The van der Waals surface area contributed by atoms with Crippen molar-refractivity contribution in [2.24, 2.45) is 5.73 Å². The number of hydrogen-bond acceptors (Lipinski definition) is 3. The predicted molar refractivity (Wildman–Crippen MR) is 64.7 cm³/mol. The van der Waals surface area contributed by atoms with Crippen LogP contribution in [0.4, 0.5) is 0 Å². The number of carbonyl (C=O) groups is 1. The summed E-state index contributed by atoms with van der Waals surface area (Å²) in [5, 5.41) is 0.820. The van der Waals surface area contributed by atoms with Crippen LogP contribution in [0.3, 0.4) is 0 Å². The van der Waals surface area contributed by atoms with Crippen molar-refractivity contribution in [2.75, 3.05) is 14.2 Å². The van der Waals surface area contributed by atoms with E-state index in [1.807, 2.05) is 6.92 Å². The van der Waals surface area contributed by atoms with Crippen LogP contribution in [0.2, 0.25) is 0 Å². The molecule has 0 saturated carbocycles. The van der Waals surface area contributed by atoms with Crippen molar-refractivity contribution in [2.45, 2.75) is 6.92 Å². The third-order valence-corrected chi connectivity index (χ3v) is 2.82. The molecule has 0 aliphatic carbocycles. The van der Waals surface area contributed by atoms with Gasteiger partial charge in [-0.2, -0.15) is 0 Å². The van der Waals surface area contributed by atoms with Crippen LogP contribution in [-0.4, -0.2) is 25.1 Å². The summed E-state index contributed by atoms with van der Waals surface area (Å²) in [6.07, 6.45) is 0. The number of primary amides is 1. The molecule has 5 heteroatoms. The number of methoxy groups -OCH3 is 2. The van der Waals surface area contributed by atoms with Crippen molar-refractivity contribution in [1.82, 2.24) is 4.98 Å². The normalized spacial score (nSPS) is 10.5. The largest absolute Gasteiger partial charge is 0.496 e. The molecule has 1 aromatic heterocycles. The van der Waals surface area contributed by atoms with Crippen LogP contribution in [0.1, 0.15) is 16.1 Å². The van der Waals surface area contributed by atoms with Gasteiger partial charge in [-0.05, 0) is 24.6 Å². The van der Waals surface area contributed by atoms with E-state index in [0.29, 0.717) is 17.2 Å². The van der Waals surface area contributed by atoms with Gasteiger partial charge in [-0.25, -0.2) is 0 Å². The summed E-state index contributed by atoms with van der Waals surface area (Å²) in [5.74, 6) is 0.834. The van der Waals surface area contributed by atoms with E-state index in [1.54, 1.807) is 26.4 Å². The van der Waals surface area contributed by atoms with Gasteiger partial charge in [-0.1, -0.05) is 0 Å². The van der Waals surface area contributed by atoms with Gasteiger partial charge in [0.05, 0.1) is 19.7 Å². The zero-order chi connectivity index (χ0) is 12.6. The maximum absolute atomic E-state index is 11.3. The Hall–Kier alpha value is -2.17. The van der Waals surface area contributed by atoms with Gasteiger partial charge in [0.15, 0.2) is 0 Å². The SMILES string of the molecule is COc1ccc(OC)c2c(C)c(C(N)=O)[nH]c12. The maximum Gasteiger partial charge on any atom is 0.265 e. The molecule has 3 N–H and O–H groups in total. The highest BCUT2D eigenvalue weighted by Crippen LogP contribution is 2.36. The van der Waals surface area contributed by atoms with E-state index in [9.17, 15) is 4.79 Å². The minimum Gasteiger partial charge on any atom is -0.496 e. The standard InChI is InChI=1S/C12H14N2O3/c1-6-9-7(16-2)4-5-8(17-3)11(9)14-10(6)12(13)15/h4-5,14H,1-3H3,(H2,13,15). The molecule has 0 saturated heterocycles. The zero-order valence-corrected chi connectivity index (χ0v) is 9.96. The number of aryl methyl sites for hydroxylation is 1. The highest BCUT2D eigenvalue weighted by atomic mass is 16.5. The smallest absolute Gasteiger partial charge is 0.265 e. The Morgan fingerprint density at radius 3 is 2.35 bits per heavy atom. The van der Waals surface area contributed by atoms with E-state index in [2.05, 4.69) is 4.98 Å². The molecule has 90 valence electrons. The Labute approximate surface area is 98.5 Å². The second-order valence-corrected chi connectivity index (χ2v) is 3.71. The van der Waals surface area contributed by atoms with Gasteiger partial charge < -0.3 is 20.2 Å². The second-order valence-electron chi connectivity index (χ2n) is 3.71. The quantitative estimate of drug-likeness (QED) is 0.846. The molecule has 0 aliphatic rings. The van der Waals surface area contributed by atoms with Gasteiger partial charge >= 0.3 is 0 Å². The number of fused-ring (bicyclic) bond motifs is 1. The van der Waals surface area contributed by atoms with Gasteiger partial charge in [0, 0.05) is 5.39 Å². The van der Waals surface area contributed by atoms with Crippen molar-refractivity contribution in [3.8, 4) is 11.5 Å². The summed E-state index contributed by atoms with van der Waals surface area (Å²) in [6.45, 7) is 1.82. The number of nitrogens with two attached hydrogens (primary N) is 1. The van der Waals surface area contributed by atoms with Gasteiger partial charge in [0.25, 0.3) is 5.91 Å². The first kappa shape index (κ1) is 11.3. The highest BCUT2D eigenvalue weighted by Gasteiger charge is 2.18. The summed E-state index contributed by atoms with van der Waals surface area (Å²) in [4.78, 5) is 14.3. The fraction of sp³-hybridized carbons (Fsp3) is 0.250. The molecule has 17 heavy (non-hydrogen) atoms. The predicted octanol–water partition coefficient (Wildman–Crippen LogP) is 1.59. The molecule has 2 rings (SSSR count). The number of ether oxygens (including phenoxy) is 2. The molecule has 1 aromatic carbocycles. The first-order valence-electron chi connectivity index (χ1n) is 5.13. The summed E-state index contributed by atoms with van der Waals surface area (Å²) < 4.78 is 10.5. The lowest BCUT2D eigenvalue weighted by atomic mass is 10.1. The Kier molecular flexibility index (Phi) is 2.67. The van der Waals surface area contributed by atoms with Crippen molar-refractivity contribution in [1.29, 1.82) is 0 Å². The molecule has 0 spiro atoms. The molecule has 5 nitrogen and oxygen atoms in total. The number of nitrogens with one attached hydrogen (secondary N) is 1. The monoisotopic (exact) mass is 234 g/mol. The van der Waals surface area contributed by atoms with Crippen molar-refractivity contribution in [3.63, 3.8) is 0 Å². The van der Waals surface area contributed by atoms with E-state index in [0.717, 1.165) is 16.5 Å². The van der Waals surface area contributed by atoms with E-state index >= 15 is 0 Å². The first-order valence-corrected chi connectivity index (χ1v) is 5.13. The molecule has 2 aromatic rings. The molecule has 1 heterocycles. The van der Waals surface area contributed by atoms with E-state index in [-0.39, 0.29) is 0 Å². The van der Waals surface area contributed by atoms with Crippen LogP contribution in [0.25, 0.3) is 10.9 Å². The summed E-state index contributed by atoms with van der Waals surface area (Å²) >= 11 is 0. The van der Waals surface area contributed by atoms with Gasteiger partial charge in [0.1, 0.15) is 17.2 Å². The third kappa shape index (κ3) is 1.60. The topological polar surface area (TPSA) is 77.3 Å². The average molecular weight is 234 g/mol. The van der Waals surface area contributed by atoms with E-state index in [4.69, 9.17) is 15.2 Å². The lowest BCUT2D eigenvalue weighted by Gasteiger charge is -2.06. The Morgan fingerprint density at radius 1 is 1.24 bits per heavy atom. The maximum atomic E-state index is 11.3. The van der Waals surface area contributed by atoms with E-state index < -0.39 is 5.91 Å².